The Hall–Kier alpha value is -1.04. The summed E-state index contributed by atoms with van der Waals surface area (Å²) in [6, 6.07) is 5.95. The second kappa shape index (κ2) is 9.07. The van der Waals surface area contributed by atoms with Crippen LogP contribution in [-0.4, -0.2) is 43.2 Å². The van der Waals surface area contributed by atoms with Crippen molar-refractivity contribution in [2.45, 2.75) is 31.4 Å². The molecule has 5 heteroatoms. The Bertz CT molecular complexity index is 463. The number of hydrogen-bond donors (Lipinski definition) is 2. The van der Waals surface area contributed by atoms with Gasteiger partial charge in [-0.2, -0.15) is 0 Å². The number of benzene rings is 1. The Labute approximate surface area is 132 Å². The highest BCUT2D eigenvalue weighted by Crippen LogP contribution is 2.24. The second-order valence-corrected chi connectivity index (χ2v) is 7.00. The lowest BCUT2D eigenvalue weighted by Crippen LogP contribution is -2.19. The van der Waals surface area contributed by atoms with E-state index < -0.39 is 0 Å². The Kier molecular flexibility index (Phi) is 7.78. The Morgan fingerprint density at radius 3 is 2.67 bits per heavy atom. The second-order valence-electron chi connectivity index (χ2n) is 5.40. The number of carbonyl (C=O) groups excluding carboxylic acids is 1. The van der Waals surface area contributed by atoms with Gasteiger partial charge in [0, 0.05) is 17.9 Å². The molecule has 0 saturated heterocycles. The van der Waals surface area contributed by atoms with Gasteiger partial charge in [0.2, 0.25) is 0 Å². The van der Waals surface area contributed by atoms with Crippen LogP contribution >= 0.6 is 11.9 Å². The van der Waals surface area contributed by atoms with E-state index in [1.165, 1.54) is 11.1 Å². The van der Waals surface area contributed by atoms with Crippen molar-refractivity contribution in [1.29, 1.82) is 0 Å². The minimum absolute atomic E-state index is 0.0352. The molecule has 1 rings (SSSR count). The molecule has 0 bridgehead atoms. The van der Waals surface area contributed by atoms with Gasteiger partial charge in [-0.15, -0.1) is 0 Å². The quantitative estimate of drug-likeness (QED) is 0.723. The van der Waals surface area contributed by atoms with Crippen LogP contribution in [0.1, 0.15) is 34.3 Å². The van der Waals surface area contributed by atoms with Crippen LogP contribution in [0.4, 0.5) is 0 Å². The summed E-state index contributed by atoms with van der Waals surface area (Å²) < 4.78 is 2.15. The van der Waals surface area contributed by atoms with Crippen molar-refractivity contribution in [2.75, 3.05) is 27.7 Å². The van der Waals surface area contributed by atoms with E-state index in [0.717, 1.165) is 31.4 Å². The largest absolute Gasteiger partial charge is 0.355 e. The first-order chi connectivity index (χ1) is 9.97. The number of nitrogens with two attached hydrogens (primary N) is 1. The van der Waals surface area contributed by atoms with Gasteiger partial charge in [-0.05, 0) is 70.1 Å². The molecule has 1 aromatic rings. The molecule has 1 amide bonds. The molecule has 1 unspecified atom stereocenters. The molecule has 0 fully saturated rings. The molecule has 118 valence electrons. The molecular weight excluding hydrogens is 282 g/mol. The summed E-state index contributed by atoms with van der Waals surface area (Å²) in [6.07, 6.45) is 3.15. The highest BCUT2D eigenvalue weighted by molar-refractivity contribution is 7.97. The Balaban J connectivity index is 2.80. The normalized spacial score (nSPS) is 12.5. The van der Waals surface area contributed by atoms with Crippen molar-refractivity contribution in [3.8, 4) is 0 Å². The molecule has 4 nitrogen and oxygen atoms in total. The van der Waals surface area contributed by atoms with Gasteiger partial charge in [0.1, 0.15) is 0 Å². The Morgan fingerprint density at radius 1 is 1.43 bits per heavy atom. The molecule has 21 heavy (non-hydrogen) atoms. The molecule has 1 aromatic carbocycles. The van der Waals surface area contributed by atoms with Crippen LogP contribution in [0.2, 0.25) is 0 Å². The number of nitrogens with one attached hydrogen (secondary N) is 1. The zero-order valence-corrected chi connectivity index (χ0v) is 14.3. The highest BCUT2D eigenvalue weighted by Gasteiger charge is 2.14. The lowest BCUT2D eigenvalue weighted by molar-refractivity contribution is 0.0963. The summed E-state index contributed by atoms with van der Waals surface area (Å²) in [4.78, 5) is 11.7. The molecule has 0 aliphatic carbocycles. The number of rotatable bonds is 8. The average molecular weight is 309 g/mol. The SMILES string of the molecule is CNC(=O)c1ccc(CC(CCCN)SN(C)C)c(C)c1. The third-order valence-electron chi connectivity index (χ3n) is 3.37. The summed E-state index contributed by atoms with van der Waals surface area (Å²) in [7, 11) is 5.80. The summed E-state index contributed by atoms with van der Waals surface area (Å²) in [5.74, 6) is -0.0352. The molecule has 0 saturated carbocycles. The predicted octanol–water partition coefficient (Wildman–Crippen LogP) is 2.21. The van der Waals surface area contributed by atoms with Gasteiger partial charge in [0.25, 0.3) is 5.91 Å². The van der Waals surface area contributed by atoms with Crippen LogP contribution in [0.5, 0.6) is 0 Å². The van der Waals surface area contributed by atoms with Gasteiger partial charge >= 0.3 is 0 Å². The Morgan fingerprint density at radius 2 is 2.14 bits per heavy atom. The van der Waals surface area contributed by atoms with E-state index in [1.54, 1.807) is 7.05 Å². The van der Waals surface area contributed by atoms with Crippen molar-refractivity contribution in [1.82, 2.24) is 9.62 Å². The van der Waals surface area contributed by atoms with E-state index >= 15 is 0 Å². The van der Waals surface area contributed by atoms with Crippen molar-refractivity contribution < 1.29 is 4.79 Å². The van der Waals surface area contributed by atoms with E-state index in [1.807, 2.05) is 24.1 Å². The van der Waals surface area contributed by atoms with Crippen LogP contribution in [0.15, 0.2) is 18.2 Å². The van der Waals surface area contributed by atoms with Gasteiger partial charge < -0.3 is 11.1 Å². The molecule has 0 spiro atoms. The molecule has 0 heterocycles. The molecule has 0 radical (unpaired) electrons. The highest BCUT2D eigenvalue weighted by atomic mass is 32.2. The number of amides is 1. The van der Waals surface area contributed by atoms with Crippen LogP contribution in [-0.2, 0) is 6.42 Å². The van der Waals surface area contributed by atoms with Crippen molar-refractivity contribution >= 4 is 17.9 Å². The standard InChI is InChI=1S/C16H27N3OS/c1-12-10-14(16(20)18-2)8-7-13(12)11-15(6-5-9-17)21-19(3)4/h7-8,10,15H,5-6,9,11,17H2,1-4H3,(H,18,20). The maximum Gasteiger partial charge on any atom is 0.251 e. The third kappa shape index (κ3) is 6.08. The summed E-state index contributed by atoms with van der Waals surface area (Å²) in [6.45, 7) is 2.81. The topological polar surface area (TPSA) is 58.4 Å². The maximum absolute atomic E-state index is 11.7. The summed E-state index contributed by atoms with van der Waals surface area (Å²) >= 11 is 1.86. The van der Waals surface area contributed by atoms with Gasteiger partial charge in [-0.25, -0.2) is 0 Å². The monoisotopic (exact) mass is 309 g/mol. The smallest absolute Gasteiger partial charge is 0.251 e. The van der Waals surface area contributed by atoms with Gasteiger partial charge in [0.15, 0.2) is 0 Å². The van der Waals surface area contributed by atoms with Crippen molar-refractivity contribution in [3.05, 3.63) is 34.9 Å². The van der Waals surface area contributed by atoms with E-state index in [0.29, 0.717) is 5.25 Å². The fraction of sp³-hybridized carbons (Fsp3) is 0.562. The molecule has 0 aromatic heterocycles. The third-order valence-corrected chi connectivity index (χ3v) is 4.49. The van der Waals surface area contributed by atoms with Gasteiger partial charge in [-0.3, -0.25) is 9.10 Å². The van der Waals surface area contributed by atoms with Crippen molar-refractivity contribution in [3.63, 3.8) is 0 Å². The average Bonchev–Trinajstić information content (AvgIpc) is 2.45. The summed E-state index contributed by atoms with van der Waals surface area (Å²) in [5.41, 5.74) is 8.83. The van der Waals surface area contributed by atoms with Gasteiger partial charge in [-0.1, -0.05) is 18.0 Å². The zero-order chi connectivity index (χ0) is 15.8. The first kappa shape index (κ1) is 18.0. The maximum atomic E-state index is 11.7. The first-order valence-corrected chi connectivity index (χ1v) is 8.17. The molecule has 1 atom stereocenters. The lowest BCUT2D eigenvalue weighted by Gasteiger charge is -2.21. The molecule has 0 aliphatic heterocycles. The zero-order valence-electron chi connectivity index (χ0n) is 13.5. The van der Waals surface area contributed by atoms with E-state index in [-0.39, 0.29) is 5.91 Å². The minimum atomic E-state index is -0.0352. The number of nitrogens with zero attached hydrogens (tertiary/aromatic N) is 1. The van der Waals surface area contributed by atoms with E-state index in [2.05, 4.69) is 36.7 Å². The summed E-state index contributed by atoms with van der Waals surface area (Å²) in [5, 5.41) is 3.18. The van der Waals surface area contributed by atoms with E-state index in [4.69, 9.17) is 5.73 Å². The fourth-order valence-electron chi connectivity index (χ4n) is 2.29. The van der Waals surface area contributed by atoms with Gasteiger partial charge in [0.05, 0.1) is 0 Å². The van der Waals surface area contributed by atoms with Crippen LogP contribution < -0.4 is 11.1 Å². The van der Waals surface area contributed by atoms with Crippen LogP contribution in [0.25, 0.3) is 0 Å². The first-order valence-electron chi connectivity index (χ1n) is 7.33. The van der Waals surface area contributed by atoms with Crippen LogP contribution in [0, 0.1) is 6.92 Å². The number of hydrogen-bond acceptors (Lipinski definition) is 4. The number of aryl methyl sites for hydroxylation is 1. The predicted molar refractivity (Wildman–Crippen MR) is 91.6 cm³/mol. The molecule has 0 aliphatic rings. The minimum Gasteiger partial charge on any atom is -0.355 e. The molecule has 3 N–H and O–H groups in total. The molecular formula is C16H27N3OS. The van der Waals surface area contributed by atoms with E-state index in [9.17, 15) is 4.79 Å². The fourth-order valence-corrected chi connectivity index (χ4v) is 3.41. The van der Waals surface area contributed by atoms with Crippen LogP contribution in [0.3, 0.4) is 0 Å². The van der Waals surface area contributed by atoms with Crippen molar-refractivity contribution in [2.24, 2.45) is 5.73 Å². The number of carbonyl (C=O) groups is 1. The lowest BCUT2D eigenvalue weighted by atomic mass is 9.99.